The highest BCUT2D eigenvalue weighted by atomic mass is 16.6. The van der Waals surface area contributed by atoms with Crippen molar-refractivity contribution in [1.29, 1.82) is 0 Å². The summed E-state index contributed by atoms with van der Waals surface area (Å²) in [7, 11) is 0. The average Bonchev–Trinajstić information content (AvgIpc) is 3.26. The predicted molar refractivity (Wildman–Crippen MR) is 260 cm³/mol. The summed E-state index contributed by atoms with van der Waals surface area (Å²) < 4.78 is 16.6. The maximum atomic E-state index is 12.7. The molecule has 0 heterocycles. The van der Waals surface area contributed by atoms with Crippen molar-refractivity contribution in [2.75, 3.05) is 13.2 Å². The molecule has 61 heavy (non-hydrogen) atoms. The molecule has 0 aliphatic carbocycles. The van der Waals surface area contributed by atoms with E-state index in [0.29, 0.717) is 19.3 Å². The van der Waals surface area contributed by atoms with Crippen molar-refractivity contribution in [3.8, 4) is 0 Å². The Bertz CT molecular complexity index is 1340. The van der Waals surface area contributed by atoms with E-state index in [-0.39, 0.29) is 31.6 Å². The zero-order valence-corrected chi connectivity index (χ0v) is 38.9. The first kappa shape index (κ1) is 56.8. The molecule has 6 heteroatoms. The molecule has 0 bridgehead atoms. The highest BCUT2D eigenvalue weighted by Gasteiger charge is 2.19. The number of allylic oxidation sites excluding steroid dienone is 20. The SMILES string of the molecule is CC\C=C/C=C\C=C/C=C\C=C/CCCC(=O)OC(COC(=O)CCCCCCC/C=C\CCCC)COC(=O)CCCCCCCC/C=C\C/C=C\C/C=C\C/C=C\CC. The fourth-order valence-electron chi connectivity index (χ4n) is 5.97. The Morgan fingerprint density at radius 3 is 1.25 bits per heavy atom. The summed E-state index contributed by atoms with van der Waals surface area (Å²) in [5.41, 5.74) is 0. The second-order valence-corrected chi connectivity index (χ2v) is 15.4. The van der Waals surface area contributed by atoms with Crippen molar-refractivity contribution in [2.45, 2.75) is 194 Å². The van der Waals surface area contributed by atoms with Crippen LogP contribution in [0.5, 0.6) is 0 Å². The zero-order chi connectivity index (χ0) is 44.4. The van der Waals surface area contributed by atoms with Crippen LogP contribution in [0.1, 0.15) is 188 Å². The van der Waals surface area contributed by atoms with Gasteiger partial charge in [0.2, 0.25) is 0 Å². The molecule has 1 unspecified atom stereocenters. The monoisotopic (exact) mass is 843 g/mol. The summed E-state index contributed by atoms with van der Waals surface area (Å²) in [5, 5.41) is 0. The Kier molecular flexibility index (Phi) is 45.1. The molecule has 0 radical (unpaired) electrons. The van der Waals surface area contributed by atoms with Crippen molar-refractivity contribution in [3.63, 3.8) is 0 Å². The molecular weight excluding hydrogens is 757 g/mol. The van der Waals surface area contributed by atoms with Crippen LogP contribution >= 0.6 is 0 Å². The molecule has 0 saturated heterocycles. The third kappa shape index (κ3) is 46.7. The van der Waals surface area contributed by atoms with E-state index < -0.39 is 12.1 Å². The first-order valence-electron chi connectivity index (χ1n) is 24.1. The minimum atomic E-state index is -0.826. The average molecular weight is 843 g/mol. The van der Waals surface area contributed by atoms with Crippen LogP contribution in [0.15, 0.2) is 122 Å². The molecule has 0 saturated carbocycles. The van der Waals surface area contributed by atoms with E-state index in [1.54, 1.807) is 0 Å². The molecule has 0 aromatic rings. The Balaban J connectivity index is 4.50. The summed E-state index contributed by atoms with van der Waals surface area (Å²) in [6.07, 6.45) is 66.2. The largest absolute Gasteiger partial charge is 0.462 e. The smallest absolute Gasteiger partial charge is 0.306 e. The van der Waals surface area contributed by atoms with Crippen molar-refractivity contribution in [1.82, 2.24) is 0 Å². The lowest BCUT2D eigenvalue weighted by Gasteiger charge is -2.18. The van der Waals surface area contributed by atoms with E-state index in [1.807, 2.05) is 54.7 Å². The van der Waals surface area contributed by atoms with Crippen LogP contribution < -0.4 is 0 Å². The minimum absolute atomic E-state index is 0.120. The highest BCUT2D eigenvalue weighted by Crippen LogP contribution is 2.12. The van der Waals surface area contributed by atoms with Crippen LogP contribution in [0.2, 0.25) is 0 Å². The maximum Gasteiger partial charge on any atom is 0.306 e. The van der Waals surface area contributed by atoms with Gasteiger partial charge in [-0.3, -0.25) is 14.4 Å². The Morgan fingerprint density at radius 2 is 0.738 bits per heavy atom. The Hall–Kier alpha value is -4.19. The van der Waals surface area contributed by atoms with Crippen LogP contribution in [0.3, 0.4) is 0 Å². The Morgan fingerprint density at radius 1 is 0.361 bits per heavy atom. The van der Waals surface area contributed by atoms with Gasteiger partial charge in [-0.05, 0) is 89.9 Å². The molecule has 1 atom stereocenters. The van der Waals surface area contributed by atoms with Crippen molar-refractivity contribution in [3.05, 3.63) is 122 Å². The quantitative estimate of drug-likeness (QED) is 0.0201. The number of carbonyl (C=O) groups is 3. The van der Waals surface area contributed by atoms with Gasteiger partial charge in [0, 0.05) is 19.3 Å². The number of hydrogen-bond acceptors (Lipinski definition) is 6. The fraction of sp³-hybridized carbons (Fsp3) is 0.582. The van der Waals surface area contributed by atoms with Gasteiger partial charge in [-0.25, -0.2) is 0 Å². The van der Waals surface area contributed by atoms with Gasteiger partial charge in [0.25, 0.3) is 0 Å². The molecule has 0 spiro atoms. The molecule has 0 rings (SSSR count). The first-order chi connectivity index (χ1) is 30.0. The first-order valence-corrected chi connectivity index (χ1v) is 24.1. The lowest BCUT2D eigenvalue weighted by atomic mass is 10.1. The van der Waals surface area contributed by atoms with E-state index in [9.17, 15) is 14.4 Å². The minimum Gasteiger partial charge on any atom is -0.462 e. The van der Waals surface area contributed by atoms with Crippen LogP contribution in [0, 0.1) is 0 Å². The van der Waals surface area contributed by atoms with E-state index in [1.165, 1.54) is 38.5 Å². The van der Waals surface area contributed by atoms with Crippen LogP contribution in [-0.2, 0) is 28.6 Å². The summed E-state index contributed by atoms with van der Waals surface area (Å²) >= 11 is 0. The van der Waals surface area contributed by atoms with Gasteiger partial charge in [0.1, 0.15) is 13.2 Å². The molecule has 0 fully saturated rings. The number of ether oxygens (including phenoxy) is 3. The maximum absolute atomic E-state index is 12.7. The molecule has 0 aromatic heterocycles. The normalized spacial score (nSPS) is 13.2. The van der Waals surface area contributed by atoms with Crippen molar-refractivity contribution in [2.24, 2.45) is 0 Å². The van der Waals surface area contributed by atoms with Gasteiger partial charge in [0.05, 0.1) is 0 Å². The fourth-order valence-corrected chi connectivity index (χ4v) is 5.97. The van der Waals surface area contributed by atoms with Crippen LogP contribution in [-0.4, -0.2) is 37.2 Å². The summed E-state index contributed by atoms with van der Waals surface area (Å²) in [6, 6.07) is 0. The standard InChI is InChI=1S/C55H86O6/c1-4-7-10-13-16-19-22-24-25-26-27-28-29-31-33-36-39-42-45-48-54(57)60-51-52(50-59-53(56)47-44-41-38-35-32-21-18-15-12-9-6-3)61-55(58)49-46-43-40-37-34-30-23-20-17-14-11-8-5-2/h7-8,10-11,14-20,23-25,27-28,30,34,37,40,52H,4-6,9,12-13,21-22,26,29,31-33,35-36,38-39,41-51H2,1-3H3/b10-7-,11-8-,17-14-,18-15-,19-16-,23-20-,25-24-,28-27-,34-30-,40-37-. The van der Waals surface area contributed by atoms with E-state index in [2.05, 4.69) is 87.6 Å². The lowest BCUT2D eigenvalue weighted by molar-refractivity contribution is -0.167. The lowest BCUT2D eigenvalue weighted by Crippen LogP contribution is -2.30. The van der Waals surface area contributed by atoms with Gasteiger partial charge in [-0.2, -0.15) is 0 Å². The van der Waals surface area contributed by atoms with Crippen molar-refractivity contribution < 1.29 is 28.6 Å². The van der Waals surface area contributed by atoms with E-state index in [0.717, 1.165) is 103 Å². The third-order valence-corrected chi connectivity index (χ3v) is 9.56. The van der Waals surface area contributed by atoms with Gasteiger partial charge in [-0.15, -0.1) is 0 Å². The molecule has 342 valence electrons. The van der Waals surface area contributed by atoms with Gasteiger partial charge >= 0.3 is 17.9 Å². The number of esters is 3. The summed E-state index contributed by atoms with van der Waals surface area (Å²) in [5.74, 6) is -1.03. The molecule has 0 aliphatic heterocycles. The number of unbranched alkanes of at least 4 members (excludes halogenated alkanes) is 14. The summed E-state index contributed by atoms with van der Waals surface area (Å²) in [6.45, 7) is 6.23. The molecule has 0 N–H and O–H groups in total. The second kappa shape index (κ2) is 48.5. The number of hydrogen-bond donors (Lipinski definition) is 0. The van der Waals surface area contributed by atoms with Crippen molar-refractivity contribution >= 4 is 17.9 Å². The number of carbonyl (C=O) groups excluding carboxylic acids is 3. The van der Waals surface area contributed by atoms with Crippen LogP contribution in [0.25, 0.3) is 0 Å². The molecule has 0 amide bonds. The van der Waals surface area contributed by atoms with E-state index in [4.69, 9.17) is 14.2 Å². The van der Waals surface area contributed by atoms with Gasteiger partial charge < -0.3 is 14.2 Å². The highest BCUT2D eigenvalue weighted by molar-refractivity contribution is 5.71. The van der Waals surface area contributed by atoms with E-state index >= 15 is 0 Å². The molecule has 0 aliphatic rings. The molecular formula is C55H86O6. The topological polar surface area (TPSA) is 78.9 Å². The predicted octanol–water partition coefficient (Wildman–Crippen LogP) is 15.7. The van der Waals surface area contributed by atoms with Gasteiger partial charge in [-0.1, -0.05) is 200 Å². The molecule has 6 nitrogen and oxygen atoms in total. The van der Waals surface area contributed by atoms with Gasteiger partial charge in [0.15, 0.2) is 6.10 Å². The summed E-state index contributed by atoms with van der Waals surface area (Å²) in [4.78, 5) is 37.8. The Labute approximate surface area is 373 Å². The second-order valence-electron chi connectivity index (χ2n) is 15.4. The third-order valence-electron chi connectivity index (χ3n) is 9.56. The number of rotatable bonds is 41. The zero-order valence-electron chi connectivity index (χ0n) is 38.9. The molecule has 0 aromatic carbocycles. The van der Waals surface area contributed by atoms with Crippen LogP contribution in [0.4, 0.5) is 0 Å².